The molecule has 0 aliphatic rings. The van der Waals surface area contributed by atoms with Crippen LogP contribution in [0.15, 0.2) is 0 Å². The van der Waals surface area contributed by atoms with E-state index in [1.165, 1.54) is 0 Å². The molecule has 0 aliphatic heterocycles. The molecule has 0 N–H and O–H groups in total. The monoisotopic (exact) mass is 366 g/mol. The summed E-state index contributed by atoms with van der Waals surface area (Å²) < 4.78 is 15.9. The van der Waals surface area contributed by atoms with Crippen molar-refractivity contribution in [3.8, 4) is 0 Å². The number of rotatable bonds is 7. The van der Waals surface area contributed by atoms with E-state index in [2.05, 4.69) is 82.5 Å². The van der Waals surface area contributed by atoms with Crippen molar-refractivity contribution >= 4 is 42.6 Å². The summed E-state index contributed by atoms with van der Waals surface area (Å²) in [7, 11) is -7.42. The maximum atomic E-state index is 6.58. The third kappa shape index (κ3) is 8.42. The van der Waals surface area contributed by atoms with Crippen LogP contribution >= 0.6 is 0 Å². The molecule has 0 saturated carbocycles. The first-order valence-electron chi connectivity index (χ1n) is 7.49. The van der Waals surface area contributed by atoms with Gasteiger partial charge in [-0.1, -0.05) is 39.3 Å². The summed E-state index contributed by atoms with van der Waals surface area (Å²) in [5, 5.41) is 0. The van der Waals surface area contributed by atoms with Crippen LogP contribution in [0, 0.1) is 0 Å². The molecule has 0 rings (SSSR count). The van der Waals surface area contributed by atoms with Crippen LogP contribution < -0.4 is 0 Å². The second-order valence-electron chi connectivity index (χ2n) is 9.37. The minimum atomic E-state index is -1.60. The molecule has 0 fully saturated rings. The van der Waals surface area contributed by atoms with Gasteiger partial charge in [-0.2, -0.15) is 0 Å². The Labute approximate surface area is 133 Å². The van der Waals surface area contributed by atoms with E-state index in [0.717, 1.165) is 0 Å². The van der Waals surface area contributed by atoms with Crippen molar-refractivity contribution in [3.05, 3.63) is 0 Å². The first-order chi connectivity index (χ1) is 8.43. The van der Waals surface area contributed by atoms with Crippen LogP contribution in [0.1, 0.15) is 0 Å². The Kier molecular flexibility index (Phi) is 6.93. The lowest BCUT2D eigenvalue weighted by molar-refractivity contribution is 0.382. The first-order valence-corrected chi connectivity index (χ1v) is 22.5. The standard InChI is InChI=1S/C12H36NO2Si5/c1-17(2,3)13(18(4,5)6)16(14-19(7,8)9)15-20(10,11)12/h1-12H3. The molecule has 1 radical (unpaired) electrons. The van der Waals surface area contributed by atoms with Gasteiger partial charge in [-0.05, 0) is 39.3 Å². The Morgan fingerprint density at radius 1 is 0.550 bits per heavy atom. The van der Waals surface area contributed by atoms with Crippen molar-refractivity contribution in [2.45, 2.75) is 78.6 Å². The molecule has 0 aliphatic carbocycles. The van der Waals surface area contributed by atoms with E-state index in [-0.39, 0.29) is 0 Å². The smallest absolute Gasteiger partial charge is 0.424 e. The van der Waals surface area contributed by atoms with Crippen molar-refractivity contribution in [3.63, 3.8) is 0 Å². The van der Waals surface area contributed by atoms with Gasteiger partial charge in [0.25, 0.3) is 0 Å². The van der Waals surface area contributed by atoms with Crippen LogP contribution in [0.4, 0.5) is 0 Å². The van der Waals surface area contributed by atoms with E-state index in [0.29, 0.717) is 0 Å². The fourth-order valence-corrected chi connectivity index (χ4v) is 21.7. The third-order valence-electron chi connectivity index (χ3n) is 2.31. The highest BCUT2D eigenvalue weighted by molar-refractivity contribution is 6.99. The summed E-state index contributed by atoms with van der Waals surface area (Å²) in [6.07, 6.45) is 0. The Morgan fingerprint density at radius 3 is 0.950 bits per heavy atom. The maximum absolute atomic E-state index is 6.58. The van der Waals surface area contributed by atoms with E-state index in [1.807, 2.05) is 0 Å². The van der Waals surface area contributed by atoms with Crippen molar-refractivity contribution in [2.75, 3.05) is 0 Å². The number of hydrogen-bond acceptors (Lipinski definition) is 3. The molecular formula is C12H36NO2Si5. The van der Waals surface area contributed by atoms with Crippen molar-refractivity contribution < 1.29 is 8.23 Å². The van der Waals surface area contributed by atoms with Gasteiger partial charge < -0.3 is 12.1 Å². The van der Waals surface area contributed by atoms with Crippen molar-refractivity contribution in [2.24, 2.45) is 0 Å². The lowest BCUT2D eigenvalue weighted by Gasteiger charge is -2.48. The average molecular weight is 367 g/mol. The second-order valence-corrected chi connectivity index (χ2v) is 31.4. The SMILES string of the molecule is C[Si](C)(C)O[Si](O[Si](C)(C)C)N([Si](C)(C)C)[Si](C)(C)C. The summed E-state index contributed by atoms with van der Waals surface area (Å²) in [6.45, 7) is 28.2. The predicted molar refractivity (Wildman–Crippen MR) is 103 cm³/mol. The average Bonchev–Trinajstić information content (AvgIpc) is 1.87. The minimum Gasteiger partial charge on any atom is -0.424 e. The van der Waals surface area contributed by atoms with Gasteiger partial charge in [0, 0.05) is 0 Å². The molecule has 0 aromatic heterocycles. The van der Waals surface area contributed by atoms with E-state index in [1.54, 1.807) is 0 Å². The van der Waals surface area contributed by atoms with Crippen LogP contribution in [0.3, 0.4) is 0 Å². The van der Waals surface area contributed by atoms with Crippen LogP contribution in [-0.4, -0.2) is 46.4 Å². The van der Waals surface area contributed by atoms with E-state index in [9.17, 15) is 0 Å². The molecule has 0 atom stereocenters. The fourth-order valence-electron chi connectivity index (χ4n) is 2.19. The molecule has 8 heteroatoms. The maximum Gasteiger partial charge on any atom is 0.454 e. The van der Waals surface area contributed by atoms with Crippen LogP contribution in [0.2, 0.25) is 78.6 Å². The van der Waals surface area contributed by atoms with Crippen molar-refractivity contribution in [1.82, 2.24) is 3.90 Å². The Morgan fingerprint density at radius 2 is 0.800 bits per heavy atom. The summed E-state index contributed by atoms with van der Waals surface area (Å²) in [5.41, 5.74) is 0. The quantitative estimate of drug-likeness (QED) is 0.612. The zero-order valence-electron chi connectivity index (χ0n) is 15.8. The molecule has 0 bridgehead atoms. The van der Waals surface area contributed by atoms with Gasteiger partial charge in [-0.3, -0.25) is 0 Å². The molecule has 0 aromatic rings. The minimum absolute atomic E-state index is 1.33. The largest absolute Gasteiger partial charge is 0.454 e. The van der Waals surface area contributed by atoms with Gasteiger partial charge >= 0.3 is 9.45 Å². The fraction of sp³-hybridized carbons (Fsp3) is 1.00. The highest BCUT2D eigenvalue weighted by atomic mass is 28.5. The van der Waals surface area contributed by atoms with Gasteiger partial charge in [-0.15, -0.1) is 0 Å². The summed E-state index contributed by atoms with van der Waals surface area (Å²) >= 11 is 0. The zero-order chi connectivity index (χ0) is 16.6. The third-order valence-corrected chi connectivity index (χ3v) is 20.8. The van der Waals surface area contributed by atoms with Gasteiger partial charge in [0.05, 0.1) is 0 Å². The molecule has 0 amide bonds. The number of nitrogens with zero attached hydrogens (tertiary/aromatic N) is 1. The second kappa shape index (κ2) is 6.61. The van der Waals surface area contributed by atoms with Gasteiger partial charge in [0.1, 0.15) is 16.5 Å². The topological polar surface area (TPSA) is 21.7 Å². The molecule has 0 aromatic carbocycles. The predicted octanol–water partition coefficient (Wildman–Crippen LogP) is 4.65. The molecule has 0 heterocycles. The van der Waals surface area contributed by atoms with E-state index in [4.69, 9.17) is 8.23 Å². The van der Waals surface area contributed by atoms with E-state index < -0.39 is 42.6 Å². The van der Waals surface area contributed by atoms with Crippen molar-refractivity contribution in [1.29, 1.82) is 0 Å². The Balaban J connectivity index is 5.54. The zero-order valence-corrected chi connectivity index (χ0v) is 20.8. The molecule has 3 nitrogen and oxygen atoms in total. The van der Waals surface area contributed by atoms with Crippen LogP contribution in [-0.2, 0) is 8.23 Å². The van der Waals surface area contributed by atoms with E-state index >= 15 is 0 Å². The van der Waals surface area contributed by atoms with Gasteiger partial charge in [0.2, 0.25) is 0 Å². The van der Waals surface area contributed by atoms with Crippen LogP contribution in [0.5, 0.6) is 0 Å². The normalized spacial score (nSPS) is 15.3. The van der Waals surface area contributed by atoms with Crippen LogP contribution in [0.25, 0.3) is 0 Å². The first kappa shape index (κ1) is 21.0. The Bertz CT molecular complexity index is 282. The summed E-state index contributed by atoms with van der Waals surface area (Å²) in [5.74, 6) is 0. The molecule has 0 spiro atoms. The lowest BCUT2D eigenvalue weighted by atomic mass is 11.8. The highest BCUT2D eigenvalue weighted by Gasteiger charge is 2.46. The summed E-state index contributed by atoms with van der Waals surface area (Å²) in [4.78, 5) is 0. The summed E-state index contributed by atoms with van der Waals surface area (Å²) in [6, 6.07) is 0. The molecule has 20 heavy (non-hydrogen) atoms. The molecule has 0 unspecified atom stereocenters. The molecule has 0 saturated heterocycles. The lowest BCUT2D eigenvalue weighted by Crippen LogP contribution is -2.69. The highest BCUT2D eigenvalue weighted by Crippen LogP contribution is 2.26. The van der Waals surface area contributed by atoms with Gasteiger partial charge in [-0.25, -0.2) is 0 Å². The molecular weight excluding hydrogens is 331 g/mol. The number of hydrogen-bond donors (Lipinski definition) is 0. The van der Waals surface area contributed by atoms with Gasteiger partial charge in [0.15, 0.2) is 16.6 Å². The molecule has 121 valence electrons. The Hall–Kier alpha value is 0.964.